The highest BCUT2D eigenvalue weighted by atomic mass is 15.5. The predicted octanol–water partition coefficient (Wildman–Crippen LogP) is 3.05. The molecule has 0 rings (SSSR count). The quantitative estimate of drug-likeness (QED) is 0.606. The van der Waals surface area contributed by atoms with E-state index in [0.717, 1.165) is 19.0 Å². The van der Waals surface area contributed by atoms with Crippen molar-refractivity contribution in [2.45, 2.75) is 59.9 Å². The summed E-state index contributed by atoms with van der Waals surface area (Å²) in [5, 5.41) is 2.35. The van der Waals surface area contributed by atoms with Gasteiger partial charge in [0.25, 0.3) is 0 Å². The second-order valence-corrected chi connectivity index (χ2v) is 4.25. The molecule has 2 unspecified atom stereocenters. The Kier molecular flexibility index (Phi) is 8.20. The summed E-state index contributed by atoms with van der Waals surface area (Å²) in [6, 6.07) is 0.650. The average molecular weight is 200 g/mol. The second kappa shape index (κ2) is 8.25. The minimum Gasteiger partial charge on any atom is -0.255 e. The zero-order valence-electron chi connectivity index (χ0n) is 10.6. The van der Waals surface area contributed by atoms with Gasteiger partial charge >= 0.3 is 0 Å². The van der Waals surface area contributed by atoms with Crippen LogP contribution in [-0.4, -0.2) is 24.1 Å². The Labute approximate surface area is 90.0 Å². The lowest BCUT2D eigenvalue weighted by Crippen LogP contribution is -2.44. The van der Waals surface area contributed by atoms with Gasteiger partial charge < -0.3 is 0 Å². The molecule has 14 heavy (non-hydrogen) atoms. The van der Waals surface area contributed by atoms with Gasteiger partial charge in [-0.05, 0) is 25.7 Å². The molecule has 0 aromatic rings. The molecule has 0 spiro atoms. The SMILES string of the molecule is CCC(C)CCNN(CC)C(C)CC. The van der Waals surface area contributed by atoms with Crippen LogP contribution in [0.25, 0.3) is 0 Å². The molecule has 0 fully saturated rings. The number of nitrogens with zero attached hydrogens (tertiary/aromatic N) is 1. The van der Waals surface area contributed by atoms with Gasteiger partial charge in [0.1, 0.15) is 0 Å². The number of hydrazine groups is 1. The molecule has 1 N–H and O–H groups in total. The monoisotopic (exact) mass is 200 g/mol. The molecule has 0 saturated heterocycles. The van der Waals surface area contributed by atoms with Gasteiger partial charge in [0, 0.05) is 19.1 Å². The third-order valence-corrected chi connectivity index (χ3v) is 3.11. The van der Waals surface area contributed by atoms with E-state index in [1.807, 2.05) is 0 Å². The third kappa shape index (κ3) is 5.61. The molecule has 0 aliphatic carbocycles. The van der Waals surface area contributed by atoms with E-state index in [0.29, 0.717) is 6.04 Å². The largest absolute Gasteiger partial charge is 0.255 e. The molecular weight excluding hydrogens is 172 g/mol. The van der Waals surface area contributed by atoms with Gasteiger partial charge in [-0.15, -0.1) is 0 Å². The Balaban J connectivity index is 3.62. The maximum atomic E-state index is 3.52. The number of nitrogens with one attached hydrogen (secondary N) is 1. The van der Waals surface area contributed by atoms with E-state index < -0.39 is 0 Å². The van der Waals surface area contributed by atoms with E-state index in [2.05, 4.69) is 45.1 Å². The van der Waals surface area contributed by atoms with E-state index in [9.17, 15) is 0 Å². The Morgan fingerprint density at radius 2 is 1.71 bits per heavy atom. The molecule has 86 valence electrons. The van der Waals surface area contributed by atoms with E-state index in [4.69, 9.17) is 0 Å². The highest BCUT2D eigenvalue weighted by Gasteiger charge is 2.08. The molecule has 0 aliphatic heterocycles. The zero-order valence-corrected chi connectivity index (χ0v) is 10.6. The second-order valence-electron chi connectivity index (χ2n) is 4.25. The summed E-state index contributed by atoms with van der Waals surface area (Å²) in [6.07, 6.45) is 3.78. The van der Waals surface area contributed by atoms with E-state index >= 15 is 0 Å². The summed E-state index contributed by atoms with van der Waals surface area (Å²) in [4.78, 5) is 0. The molecule has 0 amide bonds. The first-order valence-electron chi connectivity index (χ1n) is 6.15. The molecule has 0 aromatic carbocycles. The normalized spacial score (nSPS) is 15.9. The minimum absolute atomic E-state index is 0.650. The van der Waals surface area contributed by atoms with E-state index in [-0.39, 0.29) is 0 Å². The highest BCUT2D eigenvalue weighted by molar-refractivity contribution is 4.60. The summed E-state index contributed by atoms with van der Waals surface area (Å²) < 4.78 is 0. The van der Waals surface area contributed by atoms with Crippen LogP contribution in [0.2, 0.25) is 0 Å². The summed E-state index contributed by atoms with van der Waals surface area (Å²) in [5.74, 6) is 0.845. The van der Waals surface area contributed by atoms with Crippen molar-refractivity contribution in [3.8, 4) is 0 Å². The van der Waals surface area contributed by atoms with Crippen LogP contribution in [0.15, 0.2) is 0 Å². The molecule has 0 saturated carbocycles. The third-order valence-electron chi connectivity index (χ3n) is 3.11. The molecule has 2 heteroatoms. The summed E-state index contributed by atoms with van der Waals surface area (Å²) in [7, 11) is 0. The van der Waals surface area contributed by atoms with Gasteiger partial charge in [0.2, 0.25) is 0 Å². The minimum atomic E-state index is 0.650. The standard InChI is InChI=1S/C12H28N2/c1-6-11(4)9-10-13-14(8-3)12(5)7-2/h11-13H,6-10H2,1-5H3. The van der Waals surface area contributed by atoms with Gasteiger partial charge in [0.15, 0.2) is 0 Å². The van der Waals surface area contributed by atoms with Crippen LogP contribution in [0.4, 0.5) is 0 Å². The Morgan fingerprint density at radius 1 is 1.07 bits per heavy atom. The zero-order chi connectivity index (χ0) is 11.0. The Hall–Kier alpha value is -0.0800. The Morgan fingerprint density at radius 3 is 2.14 bits per heavy atom. The lowest BCUT2D eigenvalue weighted by Gasteiger charge is -2.28. The predicted molar refractivity (Wildman–Crippen MR) is 64.2 cm³/mol. The fourth-order valence-corrected chi connectivity index (χ4v) is 1.46. The van der Waals surface area contributed by atoms with Gasteiger partial charge in [-0.25, -0.2) is 5.01 Å². The van der Waals surface area contributed by atoms with Crippen molar-refractivity contribution in [2.75, 3.05) is 13.1 Å². The van der Waals surface area contributed by atoms with Gasteiger partial charge in [-0.3, -0.25) is 5.43 Å². The fraction of sp³-hybridized carbons (Fsp3) is 1.00. The number of hydrogen-bond donors (Lipinski definition) is 1. The van der Waals surface area contributed by atoms with E-state index in [1.165, 1.54) is 19.3 Å². The summed E-state index contributed by atoms with van der Waals surface area (Å²) >= 11 is 0. The van der Waals surface area contributed by atoms with Crippen molar-refractivity contribution >= 4 is 0 Å². The molecule has 0 heterocycles. The number of hydrogen-bond acceptors (Lipinski definition) is 2. The lowest BCUT2D eigenvalue weighted by atomic mass is 10.1. The smallest absolute Gasteiger partial charge is 0.0212 e. The maximum absolute atomic E-state index is 3.52. The highest BCUT2D eigenvalue weighted by Crippen LogP contribution is 2.05. The number of rotatable bonds is 8. The maximum Gasteiger partial charge on any atom is 0.0212 e. The lowest BCUT2D eigenvalue weighted by molar-refractivity contribution is 0.135. The first-order chi connectivity index (χ1) is 6.65. The van der Waals surface area contributed by atoms with Gasteiger partial charge in [-0.1, -0.05) is 34.1 Å². The van der Waals surface area contributed by atoms with Crippen LogP contribution in [-0.2, 0) is 0 Å². The first-order valence-corrected chi connectivity index (χ1v) is 6.15. The molecule has 2 atom stereocenters. The molecule has 0 aromatic heterocycles. The van der Waals surface area contributed by atoms with Crippen molar-refractivity contribution in [3.63, 3.8) is 0 Å². The van der Waals surface area contributed by atoms with Gasteiger partial charge in [-0.2, -0.15) is 0 Å². The van der Waals surface area contributed by atoms with Crippen LogP contribution in [0.1, 0.15) is 53.9 Å². The van der Waals surface area contributed by atoms with Crippen molar-refractivity contribution in [1.29, 1.82) is 0 Å². The van der Waals surface area contributed by atoms with E-state index in [1.54, 1.807) is 0 Å². The van der Waals surface area contributed by atoms with Crippen LogP contribution >= 0.6 is 0 Å². The topological polar surface area (TPSA) is 15.3 Å². The fourth-order valence-electron chi connectivity index (χ4n) is 1.46. The average Bonchev–Trinajstić information content (AvgIpc) is 2.22. The van der Waals surface area contributed by atoms with Crippen molar-refractivity contribution < 1.29 is 0 Å². The molecular formula is C12H28N2. The summed E-state index contributed by atoms with van der Waals surface area (Å²) in [5.41, 5.74) is 3.52. The first kappa shape index (κ1) is 13.9. The molecule has 2 nitrogen and oxygen atoms in total. The summed E-state index contributed by atoms with van der Waals surface area (Å²) in [6.45, 7) is 13.5. The molecule has 0 radical (unpaired) electrons. The Bertz CT molecular complexity index is 125. The van der Waals surface area contributed by atoms with Crippen molar-refractivity contribution in [3.05, 3.63) is 0 Å². The van der Waals surface area contributed by atoms with Crippen LogP contribution in [0.5, 0.6) is 0 Å². The van der Waals surface area contributed by atoms with Gasteiger partial charge in [0.05, 0.1) is 0 Å². The van der Waals surface area contributed by atoms with Crippen LogP contribution < -0.4 is 5.43 Å². The van der Waals surface area contributed by atoms with Crippen LogP contribution in [0.3, 0.4) is 0 Å². The van der Waals surface area contributed by atoms with Crippen molar-refractivity contribution in [2.24, 2.45) is 5.92 Å². The van der Waals surface area contributed by atoms with Crippen molar-refractivity contribution in [1.82, 2.24) is 10.4 Å². The molecule has 0 bridgehead atoms. The van der Waals surface area contributed by atoms with Crippen LogP contribution in [0, 0.1) is 5.92 Å². The molecule has 0 aliphatic rings.